The molecule has 2 rings (SSSR count). The molecule has 0 spiro atoms. The van der Waals surface area contributed by atoms with E-state index in [1.54, 1.807) is 24.3 Å². The number of halogens is 2. The molecule has 0 saturated carbocycles. The topological polar surface area (TPSA) is 46.5 Å². The predicted octanol–water partition coefficient (Wildman–Crippen LogP) is 3.79. The van der Waals surface area contributed by atoms with Crippen LogP contribution in [-0.2, 0) is 4.79 Å². The molecule has 0 radical (unpaired) electrons. The quantitative estimate of drug-likeness (QED) is 0.615. The van der Waals surface area contributed by atoms with Crippen LogP contribution in [0.25, 0.3) is 0 Å². The van der Waals surface area contributed by atoms with Gasteiger partial charge in [-0.3, -0.25) is 9.59 Å². The average molecular weight is 294 g/mol. The second kappa shape index (κ2) is 5.51. The Kier molecular flexibility index (Phi) is 3.98. The molecule has 0 heterocycles. The SMILES string of the molecule is CC(=O)c1ccc(N=C2C=C(Cl)C(=O)C(Cl)=C2)cc1. The van der Waals surface area contributed by atoms with Gasteiger partial charge in [-0.05, 0) is 43.3 Å². The standard InChI is InChI=1S/C14H9Cl2NO2/c1-8(18)9-2-4-10(5-3-9)17-11-6-12(15)14(19)13(16)7-11/h2-7H,1H3. The van der Waals surface area contributed by atoms with Crippen LogP contribution in [0.5, 0.6) is 0 Å². The van der Waals surface area contributed by atoms with Crippen molar-refractivity contribution in [1.29, 1.82) is 0 Å². The highest BCUT2D eigenvalue weighted by Gasteiger charge is 2.17. The van der Waals surface area contributed by atoms with Gasteiger partial charge in [-0.2, -0.15) is 0 Å². The molecule has 1 aliphatic carbocycles. The summed E-state index contributed by atoms with van der Waals surface area (Å²) in [6.07, 6.45) is 2.91. The van der Waals surface area contributed by atoms with Crippen molar-refractivity contribution in [3.8, 4) is 0 Å². The highest BCUT2D eigenvalue weighted by Crippen LogP contribution is 2.22. The number of rotatable bonds is 2. The summed E-state index contributed by atoms with van der Waals surface area (Å²) in [5, 5.41) is 0.0678. The van der Waals surface area contributed by atoms with Gasteiger partial charge >= 0.3 is 0 Å². The third kappa shape index (κ3) is 3.19. The molecule has 0 amide bonds. The molecule has 1 aliphatic rings. The van der Waals surface area contributed by atoms with E-state index in [2.05, 4.69) is 4.99 Å². The smallest absolute Gasteiger partial charge is 0.215 e. The summed E-state index contributed by atoms with van der Waals surface area (Å²) in [6.45, 7) is 1.50. The van der Waals surface area contributed by atoms with E-state index in [-0.39, 0.29) is 15.8 Å². The van der Waals surface area contributed by atoms with Gasteiger partial charge in [0.2, 0.25) is 5.78 Å². The lowest BCUT2D eigenvalue weighted by Crippen LogP contribution is -2.07. The number of allylic oxidation sites excluding steroid dienone is 4. The summed E-state index contributed by atoms with van der Waals surface area (Å²) in [6, 6.07) is 6.80. The Bertz CT molecular complexity index is 616. The molecule has 0 unspecified atom stereocenters. The Morgan fingerprint density at radius 3 is 2.05 bits per heavy atom. The molecule has 1 aromatic rings. The highest BCUT2D eigenvalue weighted by molar-refractivity contribution is 6.57. The Morgan fingerprint density at radius 1 is 1.05 bits per heavy atom. The van der Waals surface area contributed by atoms with Gasteiger partial charge in [-0.25, -0.2) is 4.99 Å². The van der Waals surface area contributed by atoms with Crippen molar-refractivity contribution in [2.75, 3.05) is 0 Å². The lowest BCUT2D eigenvalue weighted by atomic mass is 10.1. The van der Waals surface area contributed by atoms with E-state index in [0.717, 1.165) is 0 Å². The van der Waals surface area contributed by atoms with Gasteiger partial charge < -0.3 is 0 Å². The molecular weight excluding hydrogens is 285 g/mol. The molecular formula is C14H9Cl2NO2. The second-order valence-corrected chi connectivity index (χ2v) is 4.77. The molecule has 0 aliphatic heterocycles. The van der Waals surface area contributed by atoms with Crippen LogP contribution in [0.2, 0.25) is 0 Å². The van der Waals surface area contributed by atoms with Crippen LogP contribution in [0.3, 0.4) is 0 Å². The number of benzene rings is 1. The lowest BCUT2D eigenvalue weighted by Gasteiger charge is -2.05. The largest absolute Gasteiger partial charge is 0.295 e. The van der Waals surface area contributed by atoms with Crippen molar-refractivity contribution in [1.82, 2.24) is 0 Å². The first-order valence-electron chi connectivity index (χ1n) is 5.46. The van der Waals surface area contributed by atoms with Crippen molar-refractivity contribution in [3.05, 3.63) is 52.0 Å². The van der Waals surface area contributed by atoms with Crippen LogP contribution >= 0.6 is 23.2 Å². The van der Waals surface area contributed by atoms with Gasteiger partial charge in [0.15, 0.2) is 5.78 Å². The molecule has 1 aromatic carbocycles. The summed E-state index contributed by atoms with van der Waals surface area (Å²) in [5.41, 5.74) is 1.76. The van der Waals surface area contributed by atoms with Crippen molar-refractivity contribution < 1.29 is 9.59 Å². The molecule has 0 saturated heterocycles. The number of carbonyl (C=O) groups excluding carboxylic acids is 2. The minimum Gasteiger partial charge on any atom is -0.295 e. The zero-order valence-electron chi connectivity index (χ0n) is 9.98. The number of Topliss-reactive ketones (excluding diaryl/α,β-unsaturated/α-hetero) is 2. The summed E-state index contributed by atoms with van der Waals surface area (Å²) in [7, 11) is 0. The molecule has 5 heteroatoms. The van der Waals surface area contributed by atoms with Crippen LogP contribution in [0.1, 0.15) is 17.3 Å². The van der Waals surface area contributed by atoms with E-state index in [1.165, 1.54) is 19.1 Å². The predicted molar refractivity (Wildman–Crippen MR) is 76.4 cm³/mol. The first-order valence-corrected chi connectivity index (χ1v) is 6.22. The molecule has 96 valence electrons. The van der Waals surface area contributed by atoms with E-state index in [4.69, 9.17) is 23.2 Å². The highest BCUT2D eigenvalue weighted by atomic mass is 35.5. The average Bonchev–Trinajstić information content (AvgIpc) is 2.36. The maximum Gasteiger partial charge on any atom is 0.215 e. The fourth-order valence-corrected chi connectivity index (χ4v) is 2.01. The van der Waals surface area contributed by atoms with Crippen LogP contribution < -0.4 is 0 Å². The Labute approximate surface area is 120 Å². The Balaban J connectivity index is 2.32. The van der Waals surface area contributed by atoms with Crippen molar-refractivity contribution >= 4 is 46.2 Å². The molecule has 3 nitrogen and oxygen atoms in total. The lowest BCUT2D eigenvalue weighted by molar-refractivity contribution is -0.111. The monoisotopic (exact) mass is 293 g/mol. The number of aliphatic imine (C=N–C) groups is 1. The summed E-state index contributed by atoms with van der Waals surface area (Å²) in [5.74, 6) is -0.414. The first kappa shape index (κ1) is 13.7. The van der Waals surface area contributed by atoms with Crippen LogP contribution in [0.4, 0.5) is 5.69 Å². The number of nitrogens with zero attached hydrogens (tertiary/aromatic N) is 1. The fraction of sp³-hybridized carbons (Fsp3) is 0.0714. The van der Waals surface area contributed by atoms with Crippen molar-refractivity contribution in [2.24, 2.45) is 4.99 Å². The molecule has 0 atom stereocenters. The minimum atomic E-state index is -0.408. The van der Waals surface area contributed by atoms with Crippen LogP contribution in [0.15, 0.2) is 51.5 Å². The number of carbonyl (C=O) groups is 2. The van der Waals surface area contributed by atoms with Crippen molar-refractivity contribution in [2.45, 2.75) is 6.92 Å². The number of hydrogen-bond acceptors (Lipinski definition) is 3. The van der Waals surface area contributed by atoms with Gasteiger partial charge in [-0.1, -0.05) is 23.2 Å². The zero-order valence-corrected chi connectivity index (χ0v) is 11.5. The maximum atomic E-state index is 11.3. The van der Waals surface area contributed by atoms with Gasteiger partial charge in [0.1, 0.15) is 0 Å². The molecule has 0 fully saturated rings. The normalized spacial score (nSPS) is 14.9. The second-order valence-electron chi connectivity index (χ2n) is 3.95. The Hall–Kier alpha value is -1.71. The van der Waals surface area contributed by atoms with Crippen LogP contribution in [-0.4, -0.2) is 17.3 Å². The van der Waals surface area contributed by atoms with Gasteiger partial charge in [0.05, 0.1) is 21.5 Å². The number of hydrogen-bond donors (Lipinski definition) is 0. The van der Waals surface area contributed by atoms with Gasteiger partial charge in [0, 0.05) is 5.56 Å². The summed E-state index contributed by atoms with van der Waals surface area (Å²) < 4.78 is 0. The zero-order chi connectivity index (χ0) is 14.0. The van der Waals surface area contributed by atoms with E-state index >= 15 is 0 Å². The van der Waals surface area contributed by atoms with E-state index in [9.17, 15) is 9.59 Å². The van der Waals surface area contributed by atoms with Gasteiger partial charge in [-0.15, -0.1) is 0 Å². The minimum absolute atomic E-state index is 0.00616. The fourth-order valence-electron chi connectivity index (χ4n) is 1.53. The first-order chi connectivity index (χ1) is 8.97. The third-order valence-corrected chi connectivity index (χ3v) is 3.08. The van der Waals surface area contributed by atoms with E-state index in [0.29, 0.717) is 17.0 Å². The molecule has 0 aromatic heterocycles. The third-order valence-electron chi connectivity index (χ3n) is 2.52. The maximum absolute atomic E-state index is 11.3. The summed E-state index contributed by atoms with van der Waals surface area (Å²) in [4.78, 5) is 26.8. The Morgan fingerprint density at radius 2 is 1.58 bits per heavy atom. The molecule has 19 heavy (non-hydrogen) atoms. The molecule has 0 bridgehead atoms. The molecule has 0 N–H and O–H groups in total. The van der Waals surface area contributed by atoms with E-state index < -0.39 is 5.78 Å². The number of ketones is 2. The summed E-state index contributed by atoms with van der Waals surface area (Å²) >= 11 is 11.5. The van der Waals surface area contributed by atoms with Gasteiger partial charge in [0.25, 0.3) is 0 Å². The van der Waals surface area contributed by atoms with Crippen molar-refractivity contribution in [3.63, 3.8) is 0 Å². The van der Waals surface area contributed by atoms with Crippen LogP contribution in [0, 0.1) is 0 Å². The van der Waals surface area contributed by atoms with E-state index in [1.807, 2.05) is 0 Å².